The molecular weight excluding hydrogens is 224 g/mol. The van der Waals surface area contributed by atoms with E-state index in [1.165, 1.54) is 32.1 Å². The van der Waals surface area contributed by atoms with Gasteiger partial charge in [-0.1, -0.05) is 37.5 Å². The molecule has 1 aromatic heterocycles. The fourth-order valence-corrected chi connectivity index (χ4v) is 2.61. The Hall–Kier alpha value is -1.84. The van der Waals surface area contributed by atoms with Crippen LogP contribution in [0.2, 0.25) is 0 Å². The Labute approximate surface area is 107 Å². The van der Waals surface area contributed by atoms with Crippen LogP contribution in [0.15, 0.2) is 36.7 Å². The van der Waals surface area contributed by atoms with Crippen LogP contribution in [-0.2, 0) is 0 Å². The second-order valence-electron chi connectivity index (χ2n) is 4.84. The summed E-state index contributed by atoms with van der Waals surface area (Å²) in [5, 5.41) is 11.6. The molecule has 4 heteroatoms. The van der Waals surface area contributed by atoms with Gasteiger partial charge in [-0.2, -0.15) is 0 Å². The molecule has 94 valence electrons. The SMILES string of the molecule is c1ccc(Nc2nncn2C2CCCCC2)cc1. The number of rotatable bonds is 3. The van der Waals surface area contributed by atoms with Gasteiger partial charge in [0.25, 0.3) is 0 Å². The zero-order valence-electron chi connectivity index (χ0n) is 10.4. The summed E-state index contributed by atoms with van der Waals surface area (Å²) in [6, 6.07) is 10.7. The zero-order chi connectivity index (χ0) is 12.2. The van der Waals surface area contributed by atoms with Crippen molar-refractivity contribution in [1.82, 2.24) is 14.8 Å². The lowest BCUT2D eigenvalue weighted by Crippen LogP contribution is -2.14. The quantitative estimate of drug-likeness (QED) is 0.895. The molecule has 1 saturated carbocycles. The zero-order valence-corrected chi connectivity index (χ0v) is 10.4. The molecule has 18 heavy (non-hydrogen) atoms. The number of benzene rings is 1. The number of hydrogen-bond acceptors (Lipinski definition) is 3. The van der Waals surface area contributed by atoms with E-state index in [9.17, 15) is 0 Å². The molecular formula is C14H18N4. The third-order valence-corrected chi connectivity index (χ3v) is 3.57. The summed E-state index contributed by atoms with van der Waals surface area (Å²) in [4.78, 5) is 0. The molecule has 1 fully saturated rings. The monoisotopic (exact) mass is 242 g/mol. The van der Waals surface area contributed by atoms with Gasteiger partial charge in [0.2, 0.25) is 5.95 Å². The molecule has 1 N–H and O–H groups in total. The normalized spacial score (nSPS) is 16.7. The van der Waals surface area contributed by atoms with Crippen LogP contribution >= 0.6 is 0 Å². The third-order valence-electron chi connectivity index (χ3n) is 3.57. The largest absolute Gasteiger partial charge is 0.324 e. The van der Waals surface area contributed by atoms with Crippen LogP contribution in [0.25, 0.3) is 0 Å². The summed E-state index contributed by atoms with van der Waals surface area (Å²) in [6.07, 6.45) is 8.31. The van der Waals surface area contributed by atoms with E-state index in [0.29, 0.717) is 6.04 Å². The van der Waals surface area contributed by atoms with Crippen LogP contribution in [0.1, 0.15) is 38.1 Å². The van der Waals surface area contributed by atoms with Crippen LogP contribution in [0.4, 0.5) is 11.6 Å². The molecule has 0 aliphatic heterocycles. The standard InChI is InChI=1S/C14H18N4/c1-3-7-12(8-4-1)16-14-17-15-11-18(14)13-9-5-2-6-10-13/h1,3-4,7-8,11,13H,2,5-6,9-10H2,(H,16,17). The highest BCUT2D eigenvalue weighted by Gasteiger charge is 2.18. The van der Waals surface area contributed by atoms with E-state index in [1.807, 2.05) is 36.7 Å². The van der Waals surface area contributed by atoms with Crippen molar-refractivity contribution in [2.45, 2.75) is 38.1 Å². The van der Waals surface area contributed by atoms with E-state index in [0.717, 1.165) is 11.6 Å². The van der Waals surface area contributed by atoms with Crippen molar-refractivity contribution in [3.05, 3.63) is 36.7 Å². The first-order chi connectivity index (χ1) is 8.93. The van der Waals surface area contributed by atoms with Gasteiger partial charge in [0, 0.05) is 11.7 Å². The van der Waals surface area contributed by atoms with Crippen LogP contribution < -0.4 is 5.32 Å². The van der Waals surface area contributed by atoms with Crippen molar-refractivity contribution in [2.75, 3.05) is 5.32 Å². The predicted octanol–water partition coefficient (Wildman–Crippen LogP) is 3.53. The van der Waals surface area contributed by atoms with Crippen molar-refractivity contribution in [3.63, 3.8) is 0 Å². The maximum atomic E-state index is 4.19. The Kier molecular flexibility index (Phi) is 3.26. The highest BCUT2D eigenvalue weighted by atomic mass is 15.3. The van der Waals surface area contributed by atoms with Crippen molar-refractivity contribution in [1.29, 1.82) is 0 Å². The Morgan fingerprint density at radius 2 is 1.83 bits per heavy atom. The molecule has 1 heterocycles. The van der Waals surface area contributed by atoms with E-state index in [2.05, 4.69) is 20.1 Å². The number of para-hydroxylation sites is 1. The average Bonchev–Trinajstić information content (AvgIpc) is 2.89. The van der Waals surface area contributed by atoms with Gasteiger partial charge in [0.15, 0.2) is 0 Å². The minimum Gasteiger partial charge on any atom is -0.324 e. The Morgan fingerprint density at radius 3 is 2.61 bits per heavy atom. The lowest BCUT2D eigenvalue weighted by Gasteiger charge is -2.24. The van der Waals surface area contributed by atoms with Gasteiger partial charge in [-0.25, -0.2) is 0 Å². The number of anilines is 2. The molecule has 0 amide bonds. The summed E-state index contributed by atoms with van der Waals surface area (Å²) in [5.41, 5.74) is 1.06. The van der Waals surface area contributed by atoms with Gasteiger partial charge in [0.05, 0.1) is 0 Å². The molecule has 4 nitrogen and oxygen atoms in total. The van der Waals surface area contributed by atoms with Crippen molar-refractivity contribution < 1.29 is 0 Å². The molecule has 0 bridgehead atoms. The van der Waals surface area contributed by atoms with Gasteiger partial charge in [-0.05, 0) is 25.0 Å². The second kappa shape index (κ2) is 5.21. The van der Waals surface area contributed by atoms with Crippen LogP contribution in [-0.4, -0.2) is 14.8 Å². The molecule has 2 aromatic rings. The smallest absolute Gasteiger partial charge is 0.229 e. The Balaban J connectivity index is 1.78. The Morgan fingerprint density at radius 1 is 1.06 bits per heavy atom. The number of nitrogens with one attached hydrogen (secondary N) is 1. The first kappa shape index (κ1) is 11.3. The molecule has 0 atom stereocenters. The topological polar surface area (TPSA) is 42.7 Å². The minimum atomic E-state index is 0.556. The summed E-state index contributed by atoms with van der Waals surface area (Å²) >= 11 is 0. The van der Waals surface area contributed by atoms with Gasteiger partial charge in [0.1, 0.15) is 6.33 Å². The Bertz CT molecular complexity index is 486. The first-order valence-electron chi connectivity index (χ1n) is 6.65. The summed E-state index contributed by atoms with van der Waals surface area (Å²) in [7, 11) is 0. The predicted molar refractivity (Wildman–Crippen MR) is 71.9 cm³/mol. The van der Waals surface area contributed by atoms with Gasteiger partial charge in [-0.15, -0.1) is 10.2 Å². The summed E-state index contributed by atoms with van der Waals surface area (Å²) in [6.45, 7) is 0. The van der Waals surface area contributed by atoms with Gasteiger partial charge < -0.3 is 5.32 Å². The van der Waals surface area contributed by atoms with Crippen LogP contribution in [0.3, 0.4) is 0 Å². The molecule has 0 saturated heterocycles. The molecule has 1 aliphatic carbocycles. The highest BCUT2D eigenvalue weighted by Crippen LogP contribution is 2.30. The van der Waals surface area contributed by atoms with E-state index in [-0.39, 0.29) is 0 Å². The molecule has 0 radical (unpaired) electrons. The number of aromatic nitrogens is 3. The fraction of sp³-hybridized carbons (Fsp3) is 0.429. The summed E-state index contributed by atoms with van der Waals surface area (Å²) < 4.78 is 2.19. The fourth-order valence-electron chi connectivity index (χ4n) is 2.61. The van der Waals surface area contributed by atoms with Crippen molar-refractivity contribution in [3.8, 4) is 0 Å². The third kappa shape index (κ3) is 2.37. The highest BCUT2D eigenvalue weighted by molar-refractivity contribution is 5.52. The molecule has 0 spiro atoms. The van der Waals surface area contributed by atoms with Crippen molar-refractivity contribution in [2.24, 2.45) is 0 Å². The number of nitrogens with zero attached hydrogens (tertiary/aromatic N) is 3. The average molecular weight is 242 g/mol. The first-order valence-corrected chi connectivity index (χ1v) is 6.65. The maximum Gasteiger partial charge on any atom is 0.229 e. The second-order valence-corrected chi connectivity index (χ2v) is 4.84. The van der Waals surface area contributed by atoms with Crippen molar-refractivity contribution >= 4 is 11.6 Å². The minimum absolute atomic E-state index is 0.556. The maximum absolute atomic E-state index is 4.19. The molecule has 1 aliphatic rings. The molecule has 0 unspecified atom stereocenters. The lowest BCUT2D eigenvalue weighted by atomic mass is 9.95. The lowest BCUT2D eigenvalue weighted by molar-refractivity contribution is 0.355. The van der Waals surface area contributed by atoms with Crippen LogP contribution in [0, 0.1) is 0 Å². The summed E-state index contributed by atoms with van der Waals surface area (Å²) in [5.74, 6) is 0.855. The molecule has 3 rings (SSSR count). The van der Waals surface area contributed by atoms with Crippen LogP contribution in [0.5, 0.6) is 0 Å². The molecule has 1 aromatic carbocycles. The van der Waals surface area contributed by atoms with E-state index in [4.69, 9.17) is 0 Å². The van der Waals surface area contributed by atoms with E-state index < -0.39 is 0 Å². The van der Waals surface area contributed by atoms with E-state index in [1.54, 1.807) is 0 Å². The van der Waals surface area contributed by atoms with Gasteiger partial charge in [-0.3, -0.25) is 4.57 Å². The number of hydrogen-bond donors (Lipinski definition) is 1. The van der Waals surface area contributed by atoms with E-state index >= 15 is 0 Å². The van der Waals surface area contributed by atoms with Gasteiger partial charge >= 0.3 is 0 Å².